The number of amides is 2. The van der Waals surface area contributed by atoms with Crippen LogP contribution in [0.2, 0.25) is 0 Å². The third-order valence-corrected chi connectivity index (χ3v) is 7.86. The number of aliphatic hydroxyl groups excluding tert-OH is 1. The van der Waals surface area contributed by atoms with Gasteiger partial charge in [0.15, 0.2) is 0 Å². The standard InChI is InChI=1S/C25H40N2O6/c1-6-11-17(5)26(14-7-2)22(30)20-25-13-12-24(8-3,33-25)19(23(31)32-9-4)18(25)21(29)27(20)15-10-16-28/h7,17-20,28H,2,6,8-16H2,1,3-5H3/t17?,18-,19-,20?,24+,25?/m0/s1. The average molecular weight is 465 g/mol. The summed E-state index contributed by atoms with van der Waals surface area (Å²) in [5.41, 5.74) is -1.84. The summed E-state index contributed by atoms with van der Waals surface area (Å²) in [6.45, 7) is 12.4. The van der Waals surface area contributed by atoms with Gasteiger partial charge in [-0.05, 0) is 46.0 Å². The summed E-state index contributed by atoms with van der Waals surface area (Å²) < 4.78 is 12.1. The molecule has 3 aliphatic heterocycles. The molecule has 33 heavy (non-hydrogen) atoms. The molecule has 6 atom stereocenters. The molecule has 8 nitrogen and oxygen atoms in total. The zero-order valence-corrected chi connectivity index (χ0v) is 20.5. The van der Waals surface area contributed by atoms with Crippen molar-refractivity contribution in [1.29, 1.82) is 0 Å². The summed E-state index contributed by atoms with van der Waals surface area (Å²) in [5, 5.41) is 9.46. The van der Waals surface area contributed by atoms with E-state index in [0.717, 1.165) is 12.8 Å². The second-order valence-electron chi connectivity index (χ2n) is 9.61. The van der Waals surface area contributed by atoms with Crippen molar-refractivity contribution in [2.75, 3.05) is 26.3 Å². The normalized spacial score (nSPS) is 33.2. The lowest BCUT2D eigenvalue weighted by Crippen LogP contribution is -2.58. The maximum Gasteiger partial charge on any atom is 0.312 e. The third kappa shape index (κ3) is 3.99. The summed E-state index contributed by atoms with van der Waals surface area (Å²) in [5.74, 6) is -2.29. The van der Waals surface area contributed by atoms with Gasteiger partial charge in [-0.15, -0.1) is 6.58 Å². The molecule has 0 saturated carbocycles. The van der Waals surface area contributed by atoms with Crippen LogP contribution < -0.4 is 0 Å². The van der Waals surface area contributed by atoms with Gasteiger partial charge in [-0.2, -0.15) is 0 Å². The van der Waals surface area contributed by atoms with Crippen LogP contribution in [0.25, 0.3) is 0 Å². The highest BCUT2D eigenvalue weighted by Crippen LogP contribution is 2.64. The van der Waals surface area contributed by atoms with Crippen molar-refractivity contribution in [2.24, 2.45) is 11.8 Å². The Morgan fingerprint density at radius 2 is 2.09 bits per heavy atom. The highest BCUT2D eigenvalue weighted by Gasteiger charge is 2.79. The Morgan fingerprint density at radius 3 is 2.67 bits per heavy atom. The van der Waals surface area contributed by atoms with Crippen molar-refractivity contribution in [3.05, 3.63) is 12.7 Å². The minimum Gasteiger partial charge on any atom is -0.466 e. The maximum absolute atomic E-state index is 14.1. The molecule has 0 aliphatic carbocycles. The predicted molar refractivity (Wildman–Crippen MR) is 123 cm³/mol. The summed E-state index contributed by atoms with van der Waals surface area (Å²) in [4.78, 5) is 44.4. The molecule has 2 amide bonds. The van der Waals surface area contributed by atoms with Crippen LogP contribution in [0, 0.1) is 11.8 Å². The van der Waals surface area contributed by atoms with Gasteiger partial charge < -0.3 is 24.4 Å². The SMILES string of the molecule is C=CCN(C(=O)C1N(CCCO)C(=O)[C@@H]2[C@@H](C(=O)OCC)[C@@]3(CC)CCC12O3)C(C)CCC. The van der Waals surface area contributed by atoms with E-state index in [1.807, 2.05) is 13.8 Å². The molecule has 3 fully saturated rings. The molecule has 186 valence electrons. The van der Waals surface area contributed by atoms with Gasteiger partial charge in [-0.3, -0.25) is 14.4 Å². The van der Waals surface area contributed by atoms with E-state index in [-0.39, 0.29) is 37.6 Å². The molecule has 1 spiro atoms. The average Bonchev–Trinajstić information content (AvgIpc) is 3.39. The van der Waals surface area contributed by atoms with E-state index in [2.05, 4.69) is 13.5 Å². The fraction of sp³-hybridized carbons (Fsp3) is 0.800. The second kappa shape index (κ2) is 10.1. The Morgan fingerprint density at radius 1 is 1.36 bits per heavy atom. The van der Waals surface area contributed by atoms with Crippen LogP contribution in [0.4, 0.5) is 0 Å². The number of nitrogens with zero attached hydrogens (tertiary/aromatic N) is 2. The molecule has 3 saturated heterocycles. The van der Waals surface area contributed by atoms with Crippen molar-refractivity contribution >= 4 is 17.8 Å². The highest BCUT2D eigenvalue weighted by molar-refractivity contribution is 5.98. The molecule has 0 aromatic heterocycles. The number of fused-ring (bicyclic) bond motifs is 1. The van der Waals surface area contributed by atoms with Gasteiger partial charge in [0, 0.05) is 25.7 Å². The summed E-state index contributed by atoms with van der Waals surface area (Å²) in [6, 6.07) is -0.848. The number of rotatable bonds is 12. The first-order valence-electron chi connectivity index (χ1n) is 12.5. The van der Waals surface area contributed by atoms with Crippen LogP contribution in [-0.2, 0) is 23.9 Å². The Balaban J connectivity index is 2.08. The second-order valence-corrected chi connectivity index (χ2v) is 9.61. The number of likely N-dealkylation sites (tertiary alicyclic amines) is 1. The molecule has 3 unspecified atom stereocenters. The molecule has 3 heterocycles. The van der Waals surface area contributed by atoms with E-state index in [1.165, 1.54) is 0 Å². The summed E-state index contributed by atoms with van der Waals surface area (Å²) >= 11 is 0. The van der Waals surface area contributed by atoms with E-state index in [0.29, 0.717) is 32.2 Å². The van der Waals surface area contributed by atoms with Crippen molar-refractivity contribution in [2.45, 2.75) is 89.5 Å². The summed E-state index contributed by atoms with van der Waals surface area (Å²) in [7, 11) is 0. The van der Waals surface area contributed by atoms with Crippen LogP contribution >= 0.6 is 0 Å². The lowest BCUT2D eigenvalue weighted by Gasteiger charge is -2.39. The van der Waals surface area contributed by atoms with Gasteiger partial charge >= 0.3 is 5.97 Å². The van der Waals surface area contributed by atoms with Gasteiger partial charge in [0.25, 0.3) is 0 Å². The lowest BCUT2D eigenvalue weighted by atomic mass is 9.65. The number of carbonyl (C=O) groups is 3. The van der Waals surface area contributed by atoms with Crippen LogP contribution in [0.3, 0.4) is 0 Å². The van der Waals surface area contributed by atoms with Crippen molar-refractivity contribution in [1.82, 2.24) is 9.80 Å². The Kier molecular flexibility index (Phi) is 7.89. The molecular formula is C25H40N2O6. The van der Waals surface area contributed by atoms with E-state index in [4.69, 9.17) is 9.47 Å². The molecule has 0 aromatic carbocycles. The smallest absolute Gasteiger partial charge is 0.312 e. The van der Waals surface area contributed by atoms with Crippen LogP contribution in [0.5, 0.6) is 0 Å². The number of hydrogen-bond donors (Lipinski definition) is 1. The van der Waals surface area contributed by atoms with Crippen LogP contribution in [0.15, 0.2) is 12.7 Å². The zero-order valence-electron chi connectivity index (χ0n) is 20.5. The number of hydrogen-bond acceptors (Lipinski definition) is 6. The predicted octanol–water partition coefficient (Wildman–Crippen LogP) is 2.29. The van der Waals surface area contributed by atoms with Crippen molar-refractivity contribution in [3.63, 3.8) is 0 Å². The van der Waals surface area contributed by atoms with Gasteiger partial charge in [0.1, 0.15) is 17.6 Å². The van der Waals surface area contributed by atoms with E-state index < -0.39 is 35.0 Å². The highest BCUT2D eigenvalue weighted by atomic mass is 16.6. The lowest BCUT2D eigenvalue weighted by molar-refractivity contribution is -0.162. The van der Waals surface area contributed by atoms with Gasteiger partial charge in [-0.1, -0.05) is 26.3 Å². The Labute approximate surface area is 197 Å². The van der Waals surface area contributed by atoms with E-state index >= 15 is 0 Å². The molecule has 8 heteroatoms. The number of aliphatic hydroxyl groups is 1. The minimum absolute atomic E-state index is 0.0228. The van der Waals surface area contributed by atoms with E-state index in [1.54, 1.807) is 22.8 Å². The quantitative estimate of drug-likeness (QED) is 0.352. The zero-order chi connectivity index (χ0) is 24.4. The first-order chi connectivity index (χ1) is 15.8. The number of esters is 1. The van der Waals surface area contributed by atoms with Gasteiger partial charge in [0.05, 0.1) is 18.1 Å². The molecule has 0 radical (unpaired) electrons. The van der Waals surface area contributed by atoms with Gasteiger partial charge in [-0.25, -0.2) is 0 Å². The monoisotopic (exact) mass is 464 g/mol. The molecule has 3 rings (SSSR count). The molecule has 0 aromatic rings. The molecule has 3 aliphatic rings. The van der Waals surface area contributed by atoms with Crippen LogP contribution in [0.1, 0.15) is 66.2 Å². The van der Waals surface area contributed by atoms with Crippen molar-refractivity contribution in [3.8, 4) is 0 Å². The number of carbonyl (C=O) groups excluding carboxylic acids is 3. The maximum atomic E-state index is 14.1. The number of ether oxygens (including phenoxy) is 2. The van der Waals surface area contributed by atoms with Crippen LogP contribution in [-0.4, -0.2) is 82.3 Å². The minimum atomic E-state index is -1.05. The third-order valence-electron chi connectivity index (χ3n) is 7.86. The first kappa shape index (κ1) is 25.7. The Hall–Kier alpha value is -1.93. The topological polar surface area (TPSA) is 96.4 Å². The fourth-order valence-corrected chi connectivity index (χ4v) is 6.43. The van der Waals surface area contributed by atoms with Crippen molar-refractivity contribution < 1.29 is 29.0 Å². The summed E-state index contributed by atoms with van der Waals surface area (Å²) in [6.07, 6.45) is 5.54. The molecule has 1 N–H and O–H groups in total. The fourth-order valence-electron chi connectivity index (χ4n) is 6.43. The van der Waals surface area contributed by atoms with Gasteiger partial charge in [0.2, 0.25) is 11.8 Å². The molecule has 2 bridgehead atoms. The van der Waals surface area contributed by atoms with E-state index in [9.17, 15) is 19.5 Å². The Bertz CT molecular complexity index is 772. The largest absolute Gasteiger partial charge is 0.466 e. The molecular weight excluding hydrogens is 424 g/mol. The first-order valence-corrected chi connectivity index (χ1v) is 12.5.